The average molecular weight is 328 g/mol. The van der Waals surface area contributed by atoms with Crippen molar-refractivity contribution in [1.29, 1.82) is 0 Å². The molecule has 0 radical (unpaired) electrons. The molecule has 3 rings (SSSR count). The summed E-state index contributed by atoms with van der Waals surface area (Å²) in [5.41, 5.74) is 8.76. The summed E-state index contributed by atoms with van der Waals surface area (Å²) in [7, 11) is 1.88. The van der Waals surface area contributed by atoms with Crippen molar-refractivity contribution in [1.82, 2.24) is 14.8 Å². The minimum Gasteiger partial charge on any atom is -0.355 e. The number of benzene rings is 1. The van der Waals surface area contributed by atoms with E-state index < -0.39 is 6.04 Å². The first-order chi connectivity index (χ1) is 11.4. The Morgan fingerprint density at radius 1 is 1.33 bits per heavy atom. The molecule has 0 unspecified atom stereocenters. The third-order valence-electron chi connectivity index (χ3n) is 4.67. The van der Waals surface area contributed by atoms with Gasteiger partial charge in [-0.15, -0.1) is 0 Å². The largest absolute Gasteiger partial charge is 0.355 e. The summed E-state index contributed by atoms with van der Waals surface area (Å²) < 4.78 is 1.89. The number of aryl methyl sites for hydroxylation is 2. The molecule has 1 aliphatic heterocycles. The Morgan fingerprint density at radius 3 is 2.79 bits per heavy atom. The van der Waals surface area contributed by atoms with E-state index in [9.17, 15) is 9.59 Å². The van der Waals surface area contributed by atoms with Gasteiger partial charge in [0.1, 0.15) is 11.7 Å². The number of hydrogen-bond donors (Lipinski definition) is 2. The Kier molecular flexibility index (Phi) is 4.32. The van der Waals surface area contributed by atoms with E-state index in [0.29, 0.717) is 25.2 Å². The zero-order chi connectivity index (χ0) is 17.4. The van der Waals surface area contributed by atoms with Gasteiger partial charge in [-0.1, -0.05) is 12.1 Å². The van der Waals surface area contributed by atoms with Gasteiger partial charge < -0.3 is 20.5 Å². The highest BCUT2D eigenvalue weighted by Gasteiger charge is 2.39. The van der Waals surface area contributed by atoms with E-state index in [2.05, 4.69) is 11.4 Å². The summed E-state index contributed by atoms with van der Waals surface area (Å²) in [6, 6.07) is 7.32. The van der Waals surface area contributed by atoms with E-state index in [1.807, 2.05) is 43.7 Å². The van der Waals surface area contributed by atoms with Gasteiger partial charge in [0.25, 0.3) is 5.91 Å². The molecule has 6 heteroatoms. The maximum Gasteiger partial charge on any atom is 0.271 e. The third kappa shape index (κ3) is 2.78. The number of carbonyl (C=O) groups excluding carboxylic acids is 2. The molecule has 0 spiro atoms. The Balaban J connectivity index is 1.95. The van der Waals surface area contributed by atoms with E-state index >= 15 is 0 Å². The molecule has 0 aliphatic carbocycles. The lowest BCUT2D eigenvalue weighted by Gasteiger charge is -2.23. The molecule has 0 bridgehead atoms. The number of carbonyl (C=O) groups is 2. The summed E-state index contributed by atoms with van der Waals surface area (Å²) in [5.74, 6) is -0.274. The molecule has 1 aliphatic rings. The van der Waals surface area contributed by atoms with Gasteiger partial charge in [-0.3, -0.25) is 9.59 Å². The number of nitrogens with two attached hydrogens (primary N) is 1. The zero-order valence-electron chi connectivity index (χ0n) is 14.4. The number of nitrogens with zero attached hydrogens (tertiary/aromatic N) is 2. The van der Waals surface area contributed by atoms with Gasteiger partial charge in [-0.05, 0) is 38.0 Å². The number of hydrogen-bond acceptors (Lipinski definition) is 3. The molecule has 1 saturated heterocycles. The molecule has 1 fully saturated rings. The molecule has 6 nitrogen and oxygen atoms in total. The predicted octanol–water partition coefficient (Wildman–Crippen LogP) is 1.16. The van der Waals surface area contributed by atoms with Gasteiger partial charge >= 0.3 is 0 Å². The monoisotopic (exact) mass is 328 g/mol. The summed E-state index contributed by atoms with van der Waals surface area (Å²) >= 11 is 0. The van der Waals surface area contributed by atoms with Gasteiger partial charge in [0.15, 0.2) is 0 Å². The lowest BCUT2D eigenvalue weighted by molar-refractivity contribution is -0.124. The second kappa shape index (κ2) is 6.28. The van der Waals surface area contributed by atoms with Crippen LogP contribution in [-0.4, -0.2) is 46.5 Å². The van der Waals surface area contributed by atoms with Crippen LogP contribution in [-0.2, 0) is 11.8 Å². The summed E-state index contributed by atoms with van der Waals surface area (Å²) in [6.45, 7) is 4.84. The van der Waals surface area contributed by atoms with E-state index in [0.717, 1.165) is 16.5 Å². The van der Waals surface area contributed by atoms with Crippen LogP contribution in [0.5, 0.6) is 0 Å². The Hall–Kier alpha value is -2.34. The second-order valence-corrected chi connectivity index (χ2v) is 6.51. The van der Waals surface area contributed by atoms with Gasteiger partial charge in [0.05, 0.1) is 0 Å². The number of aromatic nitrogens is 1. The second-order valence-electron chi connectivity index (χ2n) is 6.51. The van der Waals surface area contributed by atoms with E-state index in [1.54, 1.807) is 4.90 Å². The van der Waals surface area contributed by atoms with E-state index in [4.69, 9.17) is 5.73 Å². The molecular weight excluding hydrogens is 304 g/mol. The highest BCUT2D eigenvalue weighted by Crippen LogP contribution is 2.24. The first-order valence-electron chi connectivity index (χ1n) is 8.32. The van der Waals surface area contributed by atoms with Gasteiger partial charge in [0.2, 0.25) is 5.91 Å². The third-order valence-corrected chi connectivity index (χ3v) is 4.67. The molecule has 128 valence electrons. The van der Waals surface area contributed by atoms with Crippen molar-refractivity contribution in [3.63, 3.8) is 0 Å². The number of amides is 2. The van der Waals surface area contributed by atoms with Crippen molar-refractivity contribution in [3.8, 4) is 0 Å². The lowest BCUT2D eigenvalue weighted by Crippen LogP contribution is -2.46. The van der Waals surface area contributed by atoms with Crippen molar-refractivity contribution in [2.75, 3.05) is 13.1 Å². The number of likely N-dealkylation sites (N-methyl/N-ethyl adjacent to an activating group) is 1. The first kappa shape index (κ1) is 16.5. The number of rotatable bonds is 3. The van der Waals surface area contributed by atoms with E-state index in [1.165, 1.54) is 0 Å². The van der Waals surface area contributed by atoms with Crippen LogP contribution in [0.3, 0.4) is 0 Å². The molecule has 0 saturated carbocycles. The quantitative estimate of drug-likeness (QED) is 0.887. The minimum absolute atomic E-state index is 0.131. The summed E-state index contributed by atoms with van der Waals surface area (Å²) in [6.07, 6.45) is 0.501. The molecule has 1 aromatic heterocycles. The van der Waals surface area contributed by atoms with Crippen LogP contribution < -0.4 is 11.1 Å². The van der Waals surface area contributed by atoms with Crippen LogP contribution in [0.4, 0.5) is 0 Å². The molecule has 1 aromatic carbocycles. The molecule has 2 amide bonds. The van der Waals surface area contributed by atoms with Crippen LogP contribution in [0.1, 0.15) is 29.4 Å². The van der Waals surface area contributed by atoms with Crippen molar-refractivity contribution >= 4 is 22.7 Å². The highest BCUT2D eigenvalue weighted by molar-refractivity contribution is 6.01. The average Bonchev–Trinajstić information content (AvgIpc) is 3.08. The maximum atomic E-state index is 13.1. The number of likely N-dealkylation sites (tertiary alicyclic amines) is 1. The van der Waals surface area contributed by atoms with Crippen LogP contribution >= 0.6 is 0 Å². The van der Waals surface area contributed by atoms with Crippen molar-refractivity contribution < 1.29 is 9.59 Å². The topological polar surface area (TPSA) is 80.4 Å². The standard InChI is InChI=1S/C18H24N4O2/c1-4-20-17(23)15-9-13(19)10-22(15)18(24)16-8-12-6-5-11(2)7-14(12)21(16)3/h5-8,13,15H,4,9-10,19H2,1-3H3,(H,20,23)/t13-,15+/m1/s1. The van der Waals surface area contributed by atoms with Gasteiger partial charge in [0, 0.05) is 37.1 Å². The van der Waals surface area contributed by atoms with E-state index in [-0.39, 0.29) is 17.9 Å². The van der Waals surface area contributed by atoms with Crippen molar-refractivity contribution in [2.24, 2.45) is 12.8 Å². The lowest BCUT2D eigenvalue weighted by atomic mass is 10.1. The van der Waals surface area contributed by atoms with Crippen LogP contribution in [0.25, 0.3) is 10.9 Å². The van der Waals surface area contributed by atoms with Crippen LogP contribution in [0.15, 0.2) is 24.3 Å². The fraction of sp³-hybridized carbons (Fsp3) is 0.444. The molecule has 2 aromatic rings. The fourth-order valence-corrected chi connectivity index (χ4v) is 3.43. The molecule has 24 heavy (non-hydrogen) atoms. The molecular formula is C18H24N4O2. The normalized spacial score (nSPS) is 20.6. The highest BCUT2D eigenvalue weighted by atomic mass is 16.2. The molecule has 2 heterocycles. The zero-order valence-corrected chi connectivity index (χ0v) is 14.4. The van der Waals surface area contributed by atoms with Crippen molar-refractivity contribution in [3.05, 3.63) is 35.5 Å². The fourth-order valence-electron chi connectivity index (χ4n) is 3.43. The Labute approximate surface area is 141 Å². The maximum absolute atomic E-state index is 13.1. The summed E-state index contributed by atoms with van der Waals surface area (Å²) in [5, 5.41) is 3.82. The van der Waals surface area contributed by atoms with Crippen LogP contribution in [0.2, 0.25) is 0 Å². The number of nitrogens with one attached hydrogen (secondary N) is 1. The molecule has 2 atom stereocenters. The Bertz CT molecular complexity index is 796. The van der Waals surface area contributed by atoms with Crippen LogP contribution in [0, 0.1) is 6.92 Å². The minimum atomic E-state index is -0.493. The smallest absolute Gasteiger partial charge is 0.271 e. The van der Waals surface area contributed by atoms with Crippen molar-refractivity contribution in [2.45, 2.75) is 32.4 Å². The molecule has 3 N–H and O–H groups in total. The van der Waals surface area contributed by atoms with Gasteiger partial charge in [-0.25, -0.2) is 0 Å². The SMILES string of the molecule is CCNC(=O)[C@@H]1C[C@@H](N)CN1C(=O)c1cc2ccc(C)cc2n1C. The predicted molar refractivity (Wildman–Crippen MR) is 93.8 cm³/mol. The Morgan fingerprint density at radius 2 is 2.08 bits per heavy atom. The first-order valence-corrected chi connectivity index (χ1v) is 8.32. The summed E-state index contributed by atoms with van der Waals surface area (Å²) in [4.78, 5) is 26.9. The van der Waals surface area contributed by atoms with Gasteiger partial charge in [-0.2, -0.15) is 0 Å². The number of fused-ring (bicyclic) bond motifs is 1.